The summed E-state index contributed by atoms with van der Waals surface area (Å²) in [6.45, 7) is 1.65. The zero-order valence-electron chi connectivity index (χ0n) is 9.79. The topological polar surface area (TPSA) is 24.1 Å². The summed E-state index contributed by atoms with van der Waals surface area (Å²) >= 11 is 11.7. The summed E-state index contributed by atoms with van der Waals surface area (Å²) in [6, 6.07) is 15.3. The van der Waals surface area contributed by atoms with E-state index in [-0.39, 0.29) is 0 Å². The third-order valence-corrected chi connectivity index (χ3v) is 2.94. The molecule has 2 N–H and O–H groups in total. The first kappa shape index (κ1) is 13.1. The molecule has 0 aliphatic heterocycles. The smallest absolute Gasteiger partial charge is 0.0426 e. The van der Waals surface area contributed by atoms with Crippen molar-refractivity contribution in [3.8, 4) is 0 Å². The van der Waals surface area contributed by atoms with Crippen LogP contribution < -0.4 is 10.6 Å². The van der Waals surface area contributed by atoms with Crippen molar-refractivity contribution in [2.75, 3.05) is 23.7 Å². The molecule has 0 saturated carbocycles. The Balaban J connectivity index is 1.74. The van der Waals surface area contributed by atoms with E-state index in [9.17, 15) is 0 Å². The molecule has 0 fully saturated rings. The minimum absolute atomic E-state index is 0.741. The summed E-state index contributed by atoms with van der Waals surface area (Å²) in [5.74, 6) is 0. The van der Waals surface area contributed by atoms with E-state index in [1.54, 1.807) is 0 Å². The predicted octanol–water partition coefficient (Wildman–Crippen LogP) is 4.52. The van der Waals surface area contributed by atoms with Gasteiger partial charge in [0.25, 0.3) is 0 Å². The van der Waals surface area contributed by atoms with E-state index in [1.807, 2.05) is 48.5 Å². The van der Waals surface area contributed by atoms with Crippen LogP contribution in [0, 0.1) is 0 Å². The van der Waals surface area contributed by atoms with E-state index in [0.29, 0.717) is 0 Å². The van der Waals surface area contributed by atoms with Crippen molar-refractivity contribution in [3.63, 3.8) is 0 Å². The Hall–Kier alpha value is -1.38. The van der Waals surface area contributed by atoms with E-state index in [4.69, 9.17) is 23.2 Å². The van der Waals surface area contributed by atoms with Gasteiger partial charge in [0.05, 0.1) is 0 Å². The van der Waals surface area contributed by atoms with Crippen LogP contribution in [-0.4, -0.2) is 13.1 Å². The van der Waals surface area contributed by atoms with Crippen molar-refractivity contribution in [1.82, 2.24) is 0 Å². The van der Waals surface area contributed by atoms with Crippen molar-refractivity contribution in [2.24, 2.45) is 0 Å². The van der Waals surface area contributed by atoms with Crippen LogP contribution in [0.4, 0.5) is 11.4 Å². The van der Waals surface area contributed by atoms with Crippen molar-refractivity contribution < 1.29 is 0 Å². The van der Waals surface area contributed by atoms with Gasteiger partial charge in [-0.2, -0.15) is 0 Å². The molecule has 0 heterocycles. The van der Waals surface area contributed by atoms with Crippen molar-refractivity contribution in [1.29, 1.82) is 0 Å². The lowest BCUT2D eigenvalue weighted by atomic mass is 10.3. The molecular weight excluding hydrogens is 267 g/mol. The van der Waals surface area contributed by atoms with Crippen molar-refractivity contribution in [3.05, 3.63) is 58.6 Å². The fourth-order valence-electron chi connectivity index (χ4n) is 1.58. The average Bonchev–Trinajstić information content (AvgIpc) is 2.37. The zero-order chi connectivity index (χ0) is 12.8. The predicted molar refractivity (Wildman–Crippen MR) is 79.9 cm³/mol. The van der Waals surface area contributed by atoms with Gasteiger partial charge in [-0.15, -0.1) is 0 Å². The number of nitrogens with one attached hydrogen (secondary N) is 2. The Morgan fingerprint density at radius 2 is 1.39 bits per heavy atom. The summed E-state index contributed by atoms with van der Waals surface area (Å²) in [5.41, 5.74) is 2.09. The Kier molecular flexibility index (Phi) is 4.73. The molecule has 0 saturated heterocycles. The summed E-state index contributed by atoms with van der Waals surface area (Å²) in [4.78, 5) is 0. The second-order valence-electron chi connectivity index (χ2n) is 3.87. The van der Waals surface area contributed by atoms with E-state index in [1.165, 1.54) is 0 Å². The molecule has 0 unspecified atom stereocenters. The van der Waals surface area contributed by atoms with E-state index in [0.717, 1.165) is 34.5 Å². The lowest BCUT2D eigenvalue weighted by Gasteiger charge is -2.09. The molecule has 0 atom stereocenters. The largest absolute Gasteiger partial charge is 0.383 e. The Morgan fingerprint density at radius 1 is 0.722 bits per heavy atom. The van der Waals surface area contributed by atoms with Crippen LogP contribution in [0.15, 0.2) is 48.5 Å². The first-order valence-electron chi connectivity index (χ1n) is 5.73. The van der Waals surface area contributed by atoms with Crippen molar-refractivity contribution in [2.45, 2.75) is 0 Å². The first-order chi connectivity index (χ1) is 8.74. The maximum atomic E-state index is 5.90. The Morgan fingerprint density at radius 3 is 2.06 bits per heavy atom. The third kappa shape index (κ3) is 4.13. The maximum absolute atomic E-state index is 5.90. The molecule has 94 valence electrons. The van der Waals surface area contributed by atoms with E-state index < -0.39 is 0 Å². The van der Waals surface area contributed by atoms with Gasteiger partial charge in [-0.3, -0.25) is 0 Å². The molecular formula is C14H14Cl2N2. The van der Waals surface area contributed by atoms with Crippen LogP contribution in [0.25, 0.3) is 0 Å². The van der Waals surface area contributed by atoms with Crippen molar-refractivity contribution >= 4 is 34.6 Å². The highest BCUT2D eigenvalue weighted by Gasteiger charge is 1.94. The van der Waals surface area contributed by atoms with Crippen LogP contribution in [0.2, 0.25) is 10.0 Å². The molecule has 0 spiro atoms. The van der Waals surface area contributed by atoms with Gasteiger partial charge in [0.1, 0.15) is 0 Å². The lowest BCUT2D eigenvalue weighted by molar-refractivity contribution is 1.08. The van der Waals surface area contributed by atoms with E-state index in [2.05, 4.69) is 10.6 Å². The highest BCUT2D eigenvalue weighted by atomic mass is 35.5. The molecule has 18 heavy (non-hydrogen) atoms. The normalized spacial score (nSPS) is 10.1. The second kappa shape index (κ2) is 6.53. The molecule has 0 aliphatic carbocycles. The number of benzene rings is 2. The van der Waals surface area contributed by atoms with Crippen LogP contribution in [0.1, 0.15) is 0 Å². The second-order valence-corrected chi connectivity index (χ2v) is 4.74. The summed E-state index contributed by atoms with van der Waals surface area (Å²) < 4.78 is 0. The molecule has 2 nitrogen and oxygen atoms in total. The van der Waals surface area contributed by atoms with Gasteiger partial charge in [-0.05, 0) is 42.5 Å². The van der Waals surface area contributed by atoms with E-state index >= 15 is 0 Å². The molecule has 0 radical (unpaired) electrons. The molecule has 0 aromatic heterocycles. The molecule has 2 aromatic carbocycles. The number of hydrogen-bond donors (Lipinski definition) is 2. The SMILES string of the molecule is Clc1ccc(NCCNc2cccc(Cl)c2)cc1. The maximum Gasteiger partial charge on any atom is 0.0426 e. The number of rotatable bonds is 5. The highest BCUT2D eigenvalue weighted by Crippen LogP contribution is 2.15. The fourth-order valence-corrected chi connectivity index (χ4v) is 1.90. The van der Waals surface area contributed by atoms with Gasteiger partial charge in [0, 0.05) is 34.5 Å². The fraction of sp³-hybridized carbons (Fsp3) is 0.143. The quantitative estimate of drug-likeness (QED) is 0.787. The van der Waals surface area contributed by atoms with Gasteiger partial charge in [-0.25, -0.2) is 0 Å². The van der Waals surface area contributed by atoms with Crippen LogP contribution in [0.5, 0.6) is 0 Å². The minimum atomic E-state index is 0.741. The molecule has 0 aliphatic rings. The Labute approximate surface area is 117 Å². The average molecular weight is 281 g/mol. The minimum Gasteiger partial charge on any atom is -0.383 e. The number of halogens is 2. The molecule has 2 rings (SSSR count). The summed E-state index contributed by atoms with van der Waals surface area (Å²) in [6.07, 6.45) is 0. The van der Waals surface area contributed by atoms with Crippen LogP contribution in [0.3, 0.4) is 0 Å². The van der Waals surface area contributed by atoms with Gasteiger partial charge in [0.2, 0.25) is 0 Å². The highest BCUT2D eigenvalue weighted by molar-refractivity contribution is 6.31. The van der Waals surface area contributed by atoms with Crippen LogP contribution >= 0.6 is 23.2 Å². The van der Waals surface area contributed by atoms with Crippen LogP contribution in [-0.2, 0) is 0 Å². The standard InChI is InChI=1S/C14H14Cl2N2/c15-11-4-6-13(7-5-11)17-8-9-18-14-3-1-2-12(16)10-14/h1-7,10,17-18H,8-9H2. The molecule has 4 heteroatoms. The number of hydrogen-bond acceptors (Lipinski definition) is 2. The summed E-state index contributed by atoms with van der Waals surface area (Å²) in [7, 11) is 0. The zero-order valence-corrected chi connectivity index (χ0v) is 11.3. The molecule has 0 bridgehead atoms. The third-order valence-electron chi connectivity index (χ3n) is 2.45. The molecule has 2 aromatic rings. The first-order valence-corrected chi connectivity index (χ1v) is 6.48. The monoisotopic (exact) mass is 280 g/mol. The summed E-state index contributed by atoms with van der Waals surface area (Å²) in [5, 5.41) is 8.09. The number of anilines is 2. The molecule has 0 amide bonds. The van der Waals surface area contributed by atoms with Gasteiger partial charge < -0.3 is 10.6 Å². The lowest BCUT2D eigenvalue weighted by Crippen LogP contribution is -2.13. The van der Waals surface area contributed by atoms with Gasteiger partial charge in [0.15, 0.2) is 0 Å². The Bertz CT molecular complexity index is 497. The van der Waals surface area contributed by atoms with Gasteiger partial charge >= 0.3 is 0 Å². The van der Waals surface area contributed by atoms with Gasteiger partial charge in [-0.1, -0.05) is 29.3 Å².